The Labute approximate surface area is 201 Å². The smallest absolute Gasteiger partial charge is 0.118 e. The van der Waals surface area contributed by atoms with Crippen LogP contribution >= 0.6 is 24.0 Å². The summed E-state index contributed by atoms with van der Waals surface area (Å²) in [6, 6.07) is 26.0. The minimum Gasteiger partial charge on any atom is -0.497 e. The molecule has 4 rings (SSSR count). The fourth-order valence-corrected chi connectivity index (χ4v) is 4.40. The normalized spacial score (nSPS) is 16.7. The van der Waals surface area contributed by atoms with Gasteiger partial charge in [-0.15, -0.1) is 12.4 Å². The van der Waals surface area contributed by atoms with Gasteiger partial charge in [-0.05, 0) is 41.0 Å². The van der Waals surface area contributed by atoms with Crippen LogP contribution in [0.2, 0.25) is 5.02 Å². The molecule has 4 nitrogen and oxygen atoms in total. The van der Waals surface area contributed by atoms with Gasteiger partial charge in [0.25, 0.3) is 0 Å². The van der Waals surface area contributed by atoms with Crippen molar-refractivity contribution in [1.29, 1.82) is 0 Å². The number of aliphatic hydroxyl groups excluding tert-OH is 1. The molecule has 1 heterocycles. The fourth-order valence-electron chi connectivity index (χ4n) is 4.27. The van der Waals surface area contributed by atoms with Crippen LogP contribution in [-0.4, -0.2) is 48.2 Å². The summed E-state index contributed by atoms with van der Waals surface area (Å²) in [6.07, 6.45) is -0.601. The molecule has 3 aromatic carbocycles. The zero-order valence-corrected chi connectivity index (χ0v) is 19.8. The molecule has 0 radical (unpaired) electrons. The Hall–Kier alpha value is -2.08. The van der Waals surface area contributed by atoms with Gasteiger partial charge in [-0.25, -0.2) is 0 Å². The van der Waals surface area contributed by atoms with Crippen LogP contribution in [0.5, 0.6) is 5.75 Å². The summed E-state index contributed by atoms with van der Waals surface area (Å²) in [4.78, 5) is 4.86. The first-order valence-electron chi connectivity index (χ1n) is 10.7. The molecule has 0 spiro atoms. The minimum absolute atomic E-state index is 0. The average molecular weight is 473 g/mol. The molecule has 3 aromatic rings. The number of hydrogen-bond donors (Lipinski definition) is 1. The second-order valence-corrected chi connectivity index (χ2v) is 8.45. The van der Waals surface area contributed by atoms with E-state index in [2.05, 4.69) is 21.9 Å². The third-order valence-corrected chi connectivity index (χ3v) is 6.27. The van der Waals surface area contributed by atoms with Crippen LogP contribution in [0.4, 0.5) is 0 Å². The van der Waals surface area contributed by atoms with Gasteiger partial charge in [-0.2, -0.15) is 0 Å². The van der Waals surface area contributed by atoms with Crippen LogP contribution in [0.25, 0.3) is 0 Å². The second-order valence-electron chi connectivity index (χ2n) is 8.01. The van der Waals surface area contributed by atoms with Gasteiger partial charge in [0.15, 0.2) is 0 Å². The Balaban J connectivity index is 0.00000289. The molecule has 32 heavy (non-hydrogen) atoms. The standard InChI is InChI=1S/C26H29ClN2O2.ClH/c1-31-24-13-7-20(8-14-24)19-28-15-17-29(18-16-28)25(21-9-11-23(27)12-10-21)26(30)22-5-3-2-4-6-22;/h2-14,25-26,30H,15-19H2,1H3;1H. The van der Waals surface area contributed by atoms with Crippen LogP contribution in [0.15, 0.2) is 78.9 Å². The Kier molecular flexibility index (Phi) is 8.97. The number of methoxy groups -OCH3 is 1. The second kappa shape index (κ2) is 11.7. The van der Waals surface area contributed by atoms with Gasteiger partial charge in [-0.1, -0.05) is 66.2 Å². The predicted molar refractivity (Wildman–Crippen MR) is 133 cm³/mol. The minimum atomic E-state index is -0.601. The summed E-state index contributed by atoms with van der Waals surface area (Å²) >= 11 is 6.12. The maximum absolute atomic E-state index is 11.3. The summed E-state index contributed by atoms with van der Waals surface area (Å²) < 4.78 is 5.26. The first kappa shape index (κ1) is 24.6. The molecule has 0 amide bonds. The highest BCUT2D eigenvalue weighted by Crippen LogP contribution is 2.35. The van der Waals surface area contributed by atoms with E-state index in [1.165, 1.54) is 5.56 Å². The molecule has 1 aliphatic rings. The maximum atomic E-state index is 11.3. The lowest BCUT2D eigenvalue weighted by atomic mass is 9.93. The molecular weight excluding hydrogens is 443 g/mol. The summed E-state index contributed by atoms with van der Waals surface area (Å²) in [7, 11) is 1.69. The molecule has 0 aliphatic carbocycles. The molecule has 170 valence electrons. The topological polar surface area (TPSA) is 35.9 Å². The average Bonchev–Trinajstić information content (AvgIpc) is 2.82. The first-order valence-corrected chi connectivity index (χ1v) is 11.1. The summed E-state index contributed by atoms with van der Waals surface area (Å²) in [5.74, 6) is 0.884. The molecule has 1 N–H and O–H groups in total. The molecular formula is C26H30Cl2N2O2. The van der Waals surface area contributed by atoms with E-state index in [9.17, 15) is 5.11 Å². The van der Waals surface area contributed by atoms with Crippen molar-refractivity contribution in [2.75, 3.05) is 33.3 Å². The number of aliphatic hydroxyl groups is 1. The lowest BCUT2D eigenvalue weighted by Gasteiger charge is -2.41. The van der Waals surface area contributed by atoms with E-state index in [0.717, 1.165) is 49.6 Å². The number of benzene rings is 3. The third-order valence-electron chi connectivity index (χ3n) is 6.02. The van der Waals surface area contributed by atoms with Crippen molar-refractivity contribution < 1.29 is 9.84 Å². The van der Waals surface area contributed by atoms with Gasteiger partial charge in [0.1, 0.15) is 5.75 Å². The Morgan fingerprint density at radius 2 is 1.47 bits per heavy atom. The van der Waals surface area contributed by atoms with E-state index < -0.39 is 6.10 Å². The molecule has 6 heteroatoms. The first-order chi connectivity index (χ1) is 15.1. The van der Waals surface area contributed by atoms with Gasteiger partial charge < -0.3 is 9.84 Å². The van der Waals surface area contributed by atoms with Gasteiger partial charge in [0.05, 0.1) is 19.3 Å². The van der Waals surface area contributed by atoms with Crippen LogP contribution in [0.1, 0.15) is 28.8 Å². The third kappa shape index (κ3) is 6.03. The summed E-state index contributed by atoms with van der Waals surface area (Å²) in [5, 5.41) is 12.0. The van der Waals surface area contributed by atoms with Crippen LogP contribution in [-0.2, 0) is 6.54 Å². The Morgan fingerprint density at radius 1 is 0.844 bits per heavy atom. The number of hydrogen-bond acceptors (Lipinski definition) is 4. The van der Waals surface area contributed by atoms with E-state index in [1.54, 1.807) is 7.11 Å². The number of nitrogens with zero attached hydrogens (tertiary/aromatic N) is 2. The van der Waals surface area contributed by atoms with Crippen LogP contribution in [0.3, 0.4) is 0 Å². The van der Waals surface area contributed by atoms with E-state index in [4.69, 9.17) is 16.3 Å². The van der Waals surface area contributed by atoms with Crippen molar-refractivity contribution in [3.63, 3.8) is 0 Å². The summed E-state index contributed by atoms with van der Waals surface area (Å²) in [5.41, 5.74) is 3.31. The SMILES string of the molecule is COc1ccc(CN2CCN(C(c3ccc(Cl)cc3)C(O)c3ccccc3)CC2)cc1.Cl. The van der Waals surface area contributed by atoms with E-state index >= 15 is 0 Å². The van der Waals surface area contributed by atoms with E-state index in [1.807, 2.05) is 66.7 Å². The molecule has 1 saturated heterocycles. The highest BCUT2D eigenvalue weighted by Gasteiger charge is 2.31. The van der Waals surface area contributed by atoms with E-state index in [0.29, 0.717) is 5.02 Å². The molecule has 1 fully saturated rings. The molecule has 2 atom stereocenters. The molecule has 0 bridgehead atoms. The van der Waals surface area contributed by atoms with Crippen molar-refractivity contribution in [2.45, 2.75) is 18.7 Å². The zero-order chi connectivity index (χ0) is 21.6. The van der Waals surface area contributed by atoms with Crippen molar-refractivity contribution in [3.05, 3.63) is 101 Å². The maximum Gasteiger partial charge on any atom is 0.118 e. The molecule has 1 aliphatic heterocycles. The van der Waals surface area contributed by atoms with Crippen molar-refractivity contribution in [2.24, 2.45) is 0 Å². The fraction of sp³-hybridized carbons (Fsp3) is 0.308. The summed E-state index contributed by atoms with van der Waals surface area (Å²) in [6.45, 7) is 4.63. The van der Waals surface area contributed by atoms with Crippen molar-refractivity contribution in [1.82, 2.24) is 9.80 Å². The number of rotatable bonds is 7. The largest absolute Gasteiger partial charge is 0.497 e. The van der Waals surface area contributed by atoms with Crippen molar-refractivity contribution in [3.8, 4) is 5.75 Å². The van der Waals surface area contributed by atoms with Gasteiger partial charge in [0.2, 0.25) is 0 Å². The molecule has 0 aromatic heterocycles. The zero-order valence-electron chi connectivity index (χ0n) is 18.2. The highest BCUT2D eigenvalue weighted by molar-refractivity contribution is 6.30. The van der Waals surface area contributed by atoms with Crippen molar-refractivity contribution >= 4 is 24.0 Å². The van der Waals surface area contributed by atoms with Crippen LogP contribution < -0.4 is 4.74 Å². The van der Waals surface area contributed by atoms with Gasteiger partial charge in [-0.3, -0.25) is 9.80 Å². The molecule has 0 saturated carbocycles. The van der Waals surface area contributed by atoms with Gasteiger partial charge >= 0.3 is 0 Å². The number of halogens is 2. The quantitative estimate of drug-likeness (QED) is 0.501. The lowest BCUT2D eigenvalue weighted by Crippen LogP contribution is -2.48. The van der Waals surface area contributed by atoms with Crippen LogP contribution in [0, 0.1) is 0 Å². The Bertz CT molecular complexity index is 944. The highest BCUT2D eigenvalue weighted by atomic mass is 35.5. The number of ether oxygens (including phenoxy) is 1. The predicted octanol–water partition coefficient (Wildman–Crippen LogP) is 5.36. The monoisotopic (exact) mass is 472 g/mol. The van der Waals surface area contributed by atoms with Gasteiger partial charge in [0, 0.05) is 37.7 Å². The Morgan fingerprint density at radius 3 is 2.06 bits per heavy atom. The lowest BCUT2D eigenvalue weighted by molar-refractivity contribution is 0.0149. The molecule has 2 unspecified atom stereocenters. The van der Waals surface area contributed by atoms with E-state index in [-0.39, 0.29) is 18.4 Å². The number of piperazine rings is 1.